The molecule has 1 aliphatic heterocycles. The summed E-state index contributed by atoms with van der Waals surface area (Å²) in [6.07, 6.45) is 0. The van der Waals surface area contributed by atoms with Gasteiger partial charge in [0.25, 0.3) is 0 Å². The van der Waals surface area contributed by atoms with E-state index in [4.69, 9.17) is 25.3 Å². The Hall–Kier alpha value is -1.72. The molecule has 0 nitrogen and oxygen atoms in total. The summed E-state index contributed by atoms with van der Waals surface area (Å²) < 4.78 is 0. The topological polar surface area (TPSA) is 0 Å². The van der Waals surface area contributed by atoms with Crippen molar-refractivity contribution in [2.75, 3.05) is 0 Å². The maximum atomic E-state index is 4.99. The van der Waals surface area contributed by atoms with Crippen LogP contribution in [0.1, 0.15) is 0 Å². The van der Waals surface area contributed by atoms with Gasteiger partial charge >= 0.3 is 0 Å². The molecular weight excluding hydrogens is 687 g/mol. The quantitative estimate of drug-likeness (QED) is 0.104. The van der Waals surface area contributed by atoms with Gasteiger partial charge in [-0.2, -0.15) is 0 Å². The molecule has 1 aliphatic rings. The molecule has 216 valence electrons. The molecule has 6 aromatic carbocycles. The fraction of sp³-hybridized carbons (Fsp3) is 0. The summed E-state index contributed by atoms with van der Waals surface area (Å²) in [4.78, 5) is 7.23. The van der Waals surface area contributed by atoms with Crippen molar-refractivity contribution in [1.82, 2.24) is 0 Å². The van der Waals surface area contributed by atoms with Crippen LogP contribution >= 0.6 is 84.3 Å². The average molecular weight is 713 g/mol. The third-order valence-electron chi connectivity index (χ3n) is 7.11. The van der Waals surface area contributed by atoms with Gasteiger partial charge in [0.1, 0.15) is 0 Å². The van der Waals surface area contributed by atoms with Gasteiger partial charge in [-0.05, 0) is 84.1 Å². The Morgan fingerprint density at radius 1 is 0.295 bits per heavy atom. The Kier molecular flexibility index (Phi) is 10.1. The highest BCUT2D eigenvalue weighted by Crippen LogP contribution is 2.50. The molecule has 0 aromatic heterocycles. The highest BCUT2D eigenvalue weighted by molar-refractivity contribution is 8.77. The van der Waals surface area contributed by atoms with Crippen LogP contribution in [0, 0.1) is 0 Å². The van der Waals surface area contributed by atoms with Crippen molar-refractivity contribution < 1.29 is 0 Å². The number of hydrogen-bond acceptors (Lipinski definition) is 6. The number of benzene rings is 6. The summed E-state index contributed by atoms with van der Waals surface area (Å²) in [5, 5.41) is 8.00. The Bertz CT molecular complexity index is 1710. The first-order chi connectivity index (χ1) is 21.7. The summed E-state index contributed by atoms with van der Waals surface area (Å²) in [6.45, 7) is 0. The van der Waals surface area contributed by atoms with Gasteiger partial charge in [0.2, 0.25) is 0 Å². The fourth-order valence-corrected chi connectivity index (χ4v) is 17.5. The molecule has 44 heavy (non-hydrogen) atoms. The molecule has 0 atom stereocenters. The molecule has 0 fully saturated rings. The molecule has 1 heterocycles. The zero-order valence-electron chi connectivity index (χ0n) is 23.3. The van der Waals surface area contributed by atoms with Gasteiger partial charge < -0.3 is 0 Å². The van der Waals surface area contributed by atoms with Crippen LogP contribution in [0.15, 0.2) is 175 Å². The molecule has 0 unspecified atom stereocenters. The summed E-state index contributed by atoms with van der Waals surface area (Å²) in [5.41, 5.74) is 0. The number of hydrogen-bond donors (Lipinski definition) is 2. The Morgan fingerprint density at radius 2 is 0.523 bits per heavy atom. The monoisotopic (exact) mass is 712 g/mol. The summed E-state index contributed by atoms with van der Waals surface area (Å²) in [5.74, 6) is 0. The molecule has 6 aromatic rings. The molecule has 0 amide bonds. The van der Waals surface area contributed by atoms with Crippen LogP contribution in [0.3, 0.4) is 0 Å². The normalized spacial score (nSPS) is 16.5. The number of thiol groups is 2. The van der Waals surface area contributed by atoms with E-state index >= 15 is 0 Å². The maximum absolute atomic E-state index is 4.99. The van der Waals surface area contributed by atoms with Crippen molar-refractivity contribution >= 4 is 116 Å². The van der Waals surface area contributed by atoms with Crippen LogP contribution in [0.4, 0.5) is 0 Å². The van der Waals surface area contributed by atoms with Crippen molar-refractivity contribution in [3.63, 3.8) is 0 Å². The molecule has 0 aliphatic carbocycles. The maximum Gasteiger partial charge on any atom is 0.0269 e. The van der Waals surface area contributed by atoms with Gasteiger partial charge in [-0.25, -0.2) is 0 Å². The largest absolute Gasteiger partial charge is 0.143 e. The molecule has 0 N–H and O–H groups in total. The van der Waals surface area contributed by atoms with Gasteiger partial charge in [0.15, 0.2) is 0 Å². The molecule has 0 saturated heterocycles. The first kappa shape index (κ1) is 30.9. The third kappa shape index (κ3) is 6.43. The van der Waals surface area contributed by atoms with E-state index in [9.17, 15) is 0 Å². The van der Waals surface area contributed by atoms with Gasteiger partial charge in [0, 0.05) is 29.4 Å². The smallest absolute Gasteiger partial charge is 0.0269 e. The van der Waals surface area contributed by atoms with Crippen molar-refractivity contribution in [2.24, 2.45) is 0 Å². The lowest BCUT2D eigenvalue weighted by Gasteiger charge is -2.27. The number of fused-ring (bicyclic) bond motifs is 4. The molecule has 0 spiro atoms. The highest BCUT2D eigenvalue weighted by Gasteiger charge is 2.28. The summed E-state index contributed by atoms with van der Waals surface area (Å²) in [6, 6.07) is 53.0. The third-order valence-corrected chi connectivity index (χ3v) is 19.0. The highest BCUT2D eigenvalue weighted by atomic mass is 33.1. The molecule has 0 bridgehead atoms. The van der Waals surface area contributed by atoms with E-state index in [1.165, 1.54) is 51.4 Å². The molecule has 0 saturated carbocycles. The second-order valence-corrected chi connectivity index (χ2v) is 19.5. The minimum atomic E-state index is -0.862. The predicted molar refractivity (Wildman–Crippen MR) is 208 cm³/mol. The zero-order chi connectivity index (χ0) is 29.9. The first-order valence-electron chi connectivity index (χ1n) is 13.9. The Labute approximate surface area is 288 Å². The van der Waals surface area contributed by atoms with E-state index in [1.807, 2.05) is 43.2 Å². The van der Waals surface area contributed by atoms with Crippen LogP contribution in [0.25, 0.3) is 0 Å². The Balaban J connectivity index is 1.47. The number of rotatable bonds is 2. The second kappa shape index (κ2) is 14.4. The summed E-state index contributed by atoms with van der Waals surface area (Å²) >= 11 is 9.97. The first-order valence-corrected chi connectivity index (χ1v) is 21.8. The standard InChI is InChI=1S/C36H26P2S6/c39-31-19-7-1-13-25(31)37-27-15-3-9-21-33(27)41-43-35-23-11-5-17-29(35)38(26-14-2-8-20-32(26)40)30-18-6-12-24-36(30)44-42-34-22-10-4-16-28(34)37/h1-24,39-40H. The van der Waals surface area contributed by atoms with Crippen LogP contribution in [-0.4, -0.2) is 0 Å². The minimum Gasteiger partial charge on any atom is -0.143 e. The van der Waals surface area contributed by atoms with Crippen molar-refractivity contribution in [3.05, 3.63) is 146 Å². The van der Waals surface area contributed by atoms with E-state index in [1.54, 1.807) is 0 Å². The van der Waals surface area contributed by atoms with Crippen molar-refractivity contribution in [2.45, 2.75) is 29.4 Å². The van der Waals surface area contributed by atoms with E-state index in [0.717, 1.165) is 9.79 Å². The van der Waals surface area contributed by atoms with Gasteiger partial charge in [-0.3, -0.25) is 0 Å². The van der Waals surface area contributed by atoms with Crippen LogP contribution in [0.5, 0.6) is 0 Å². The second-order valence-electron chi connectivity index (χ2n) is 9.85. The SMILES string of the molecule is Sc1ccccc1P1c2ccccc2SSc2ccccc2P(c2ccccc2S)c2ccccc2SSc2ccccc21. The van der Waals surface area contributed by atoms with E-state index in [0.29, 0.717) is 0 Å². The summed E-state index contributed by atoms with van der Waals surface area (Å²) in [7, 11) is 5.74. The van der Waals surface area contributed by atoms with E-state index in [2.05, 4.69) is 146 Å². The zero-order valence-corrected chi connectivity index (χ0v) is 30.1. The van der Waals surface area contributed by atoms with E-state index in [-0.39, 0.29) is 0 Å². The van der Waals surface area contributed by atoms with Gasteiger partial charge in [-0.1, -0.05) is 152 Å². The molecule has 7 rings (SSSR count). The lowest BCUT2D eigenvalue weighted by atomic mass is 10.3. The molecule has 8 heteroatoms. The van der Waals surface area contributed by atoms with Crippen LogP contribution < -0.4 is 31.8 Å². The lowest BCUT2D eigenvalue weighted by Crippen LogP contribution is -2.25. The lowest BCUT2D eigenvalue weighted by molar-refractivity contribution is 1.49. The average Bonchev–Trinajstić information content (AvgIpc) is 3.06. The van der Waals surface area contributed by atoms with Gasteiger partial charge in [-0.15, -0.1) is 25.3 Å². The van der Waals surface area contributed by atoms with Crippen LogP contribution in [0.2, 0.25) is 0 Å². The Morgan fingerprint density at radius 3 is 0.795 bits per heavy atom. The fourth-order valence-electron chi connectivity index (χ4n) is 5.11. The van der Waals surface area contributed by atoms with E-state index < -0.39 is 15.8 Å². The predicted octanol–water partition coefficient (Wildman–Crippen LogP) is 9.69. The van der Waals surface area contributed by atoms with Crippen LogP contribution in [-0.2, 0) is 0 Å². The van der Waals surface area contributed by atoms with Crippen molar-refractivity contribution in [1.29, 1.82) is 0 Å². The van der Waals surface area contributed by atoms with Crippen molar-refractivity contribution in [3.8, 4) is 0 Å². The molecular formula is C36H26P2S6. The molecule has 0 radical (unpaired) electrons. The minimum absolute atomic E-state index is 0.862. The van der Waals surface area contributed by atoms with Gasteiger partial charge in [0.05, 0.1) is 0 Å².